The summed E-state index contributed by atoms with van der Waals surface area (Å²) in [5, 5.41) is 0.445. The molecule has 6 heteroatoms. The molecule has 0 saturated carbocycles. The molecule has 2 atom stereocenters. The highest BCUT2D eigenvalue weighted by atomic mass is 28.4. The van der Waals surface area contributed by atoms with Crippen LogP contribution >= 0.6 is 0 Å². The molecule has 2 N–H and O–H groups in total. The van der Waals surface area contributed by atoms with Gasteiger partial charge in [0.1, 0.15) is 0 Å². The maximum absolute atomic E-state index is 7.15. The molecule has 0 aromatic carbocycles. The van der Waals surface area contributed by atoms with E-state index in [0.717, 1.165) is 32.6 Å². The van der Waals surface area contributed by atoms with Gasteiger partial charge in [-0.25, -0.2) is 0 Å². The van der Waals surface area contributed by atoms with E-state index in [1.165, 1.54) is 89.9 Å². The van der Waals surface area contributed by atoms with Crippen molar-refractivity contribution >= 4 is 16.6 Å². The Labute approximate surface area is 261 Å². The first-order chi connectivity index (χ1) is 19.0. The van der Waals surface area contributed by atoms with Crippen LogP contribution in [-0.4, -0.2) is 59.9 Å². The first-order valence-corrected chi connectivity index (χ1v) is 23.6. The van der Waals surface area contributed by atoms with Gasteiger partial charge in [-0.05, 0) is 68.6 Å². The smallest absolute Gasteiger partial charge is 0.192 e. The minimum atomic E-state index is -1.86. The highest BCUT2D eigenvalue weighted by Gasteiger charge is 2.41. The van der Waals surface area contributed by atoms with Crippen molar-refractivity contribution in [2.24, 2.45) is 5.73 Å². The molecule has 0 bridgehead atoms. The quantitative estimate of drug-likeness (QED) is 0.0820. The van der Waals surface area contributed by atoms with Crippen molar-refractivity contribution in [2.45, 2.75) is 200 Å². The average molecular weight is 615 g/mol. The molecule has 0 amide bonds. The fourth-order valence-electron chi connectivity index (χ4n) is 5.01. The molecule has 0 radical (unpaired) electrons. The predicted molar refractivity (Wildman–Crippen MR) is 190 cm³/mol. The summed E-state index contributed by atoms with van der Waals surface area (Å²) < 4.78 is 14.3. The Morgan fingerprint density at radius 3 is 1.22 bits per heavy atom. The molecule has 0 aliphatic heterocycles. The fourth-order valence-corrected chi connectivity index (χ4v) is 7.77. The van der Waals surface area contributed by atoms with Gasteiger partial charge in [-0.15, -0.1) is 0 Å². The van der Waals surface area contributed by atoms with E-state index in [1.54, 1.807) is 0 Å². The Morgan fingerprint density at radius 1 is 0.561 bits per heavy atom. The molecule has 0 rings (SSSR count). The van der Waals surface area contributed by atoms with Crippen LogP contribution in [0, 0.1) is 0 Å². The van der Waals surface area contributed by atoms with E-state index in [0.29, 0.717) is 12.2 Å². The number of hydrogen-bond acceptors (Lipinski definition) is 4. The van der Waals surface area contributed by atoms with E-state index in [-0.39, 0.29) is 10.1 Å². The maximum Gasteiger partial charge on any atom is 0.192 e. The number of rotatable bonds is 25. The molecule has 0 heterocycles. The molecule has 41 heavy (non-hydrogen) atoms. The van der Waals surface area contributed by atoms with Crippen molar-refractivity contribution in [3.8, 4) is 0 Å². The molecule has 0 aliphatic rings. The van der Waals surface area contributed by atoms with Crippen LogP contribution < -0.4 is 5.73 Å². The Balaban J connectivity index is 5.72. The van der Waals surface area contributed by atoms with Gasteiger partial charge >= 0.3 is 0 Å². The Bertz CT molecular complexity index is 579. The van der Waals surface area contributed by atoms with Gasteiger partial charge in [-0.2, -0.15) is 0 Å². The van der Waals surface area contributed by atoms with Crippen LogP contribution in [0.3, 0.4) is 0 Å². The molecule has 0 aliphatic carbocycles. The summed E-state index contributed by atoms with van der Waals surface area (Å²) in [4.78, 5) is 2.68. The second-order valence-corrected chi connectivity index (χ2v) is 25.5. The van der Waals surface area contributed by atoms with Gasteiger partial charge in [-0.3, -0.25) is 4.90 Å². The Hall–Kier alpha value is 0.274. The van der Waals surface area contributed by atoms with Crippen molar-refractivity contribution < 1.29 is 8.85 Å². The van der Waals surface area contributed by atoms with E-state index >= 15 is 0 Å². The highest BCUT2D eigenvalue weighted by Crippen LogP contribution is 2.39. The van der Waals surface area contributed by atoms with Crippen molar-refractivity contribution in [2.75, 3.05) is 26.2 Å². The number of unbranched alkanes of at least 4 members (excludes halogenated alkanes) is 10. The lowest BCUT2D eigenvalue weighted by Crippen LogP contribution is -2.50. The van der Waals surface area contributed by atoms with Crippen LogP contribution in [0.1, 0.15) is 152 Å². The zero-order valence-corrected chi connectivity index (χ0v) is 32.4. The van der Waals surface area contributed by atoms with E-state index in [2.05, 4.69) is 86.5 Å². The van der Waals surface area contributed by atoms with Gasteiger partial charge in [-0.1, -0.05) is 132 Å². The molecular formula is C35H78N2O2Si2. The molecule has 4 nitrogen and oxygen atoms in total. The first-order valence-electron chi connectivity index (χ1n) is 17.8. The Morgan fingerprint density at radius 2 is 0.902 bits per heavy atom. The van der Waals surface area contributed by atoms with E-state index in [1.807, 2.05) is 0 Å². The molecule has 0 spiro atoms. The molecule has 248 valence electrons. The van der Waals surface area contributed by atoms with Gasteiger partial charge in [0.25, 0.3) is 0 Å². The Kier molecular flexibility index (Phi) is 21.2. The van der Waals surface area contributed by atoms with Gasteiger partial charge in [0, 0.05) is 13.1 Å². The fraction of sp³-hybridized carbons (Fsp3) is 1.00. The molecule has 0 saturated heterocycles. The number of hydrogen-bond donors (Lipinski definition) is 1. The van der Waals surface area contributed by atoms with Crippen molar-refractivity contribution in [3.05, 3.63) is 0 Å². The third kappa shape index (κ3) is 18.6. The summed E-state index contributed by atoms with van der Waals surface area (Å²) in [6.07, 6.45) is 20.0. The van der Waals surface area contributed by atoms with Gasteiger partial charge in [0.15, 0.2) is 16.6 Å². The summed E-state index contributed by atoms with van der Waals surface area (Å²) in [6, 6.07) is 0. The van der Waals surface area contributed by atoms with E-state index in [4.69, 9.17) is 14.6 Å². The predicted octanol–water partition coefficient (Wildman–Crippen LogP) is 10.9. The van der Waals surface area contributed by atoms with Crippen LogP contribution in [0.2, 0.25) is 36.3 Å². The van der Waals surface area contributed by atoms with Gasteiger partial charge < -0.3 is 14.6 Å². The summed E-state index contributed by atoms with van der Waals surface area (Å²) in [6.45, 7) is 32.3. The second-order valence-electron chi connectivity index (χ2n) is 16.0. The lowest BCUT2D eigenvalue weighted by atomic mass is 10.1. The minimum Gasteiger partial charge on any atom is -0.413 e. The highest BCUT2D eigenvalue weighted by molar-refractivity contribution is 6.74. The van der Waals surface area contributed by atoms with Crippen LogP contribution in [0.25, 0.3) is 0 Å². The third-order valence-corrected chi connectivity index (χ3v) is 19.0. The summed E-state index contributed by atoms with van der Waals surface area (Å²) in [5.41, 5.74) is 6.06. The van der Waals surface area contributed by atoms with Crippen LogP contribution in [0.5, 0.6) is 0 Å². The zero-order chi connectivity index (χ0) is 31.6. The number of nitrogens with two attached hydrogens (primary N) is 1. The molecule has 0 aromatic rings. The third-order valence-electron chi connectivity index (χ3n) is 9.90. The molecule has 2 unspecified atom stereocenters. The molecular weight excluding hydrogens is 537 g/mol. The molecule has 0 aromatic heterocycles. The van der Waals surface area contributed by atoms with Gasteiger partial charge in [0.05, 0.1) is 12.2 Å². The van der Waals surface area contributed by atoms with Crippen molar-refractivity contribution in [1.29, 1.82) is 0 Å². The largest absolute Gasteiger partial charge is 0.413 e. The standard InChI is InChI=1S/C35H78N2O2Si2/c1-13-15-17-19-21-23-26-32(38-40(9,10)34(3,4)5)30-37(29-25-28-36)31-33(27-24-22-20-18-16-14-2)39-41(11,12)35(6,7)8/h32-33H,13-31,36H2,1-12H3. The summed E-state index contributed by atoms with van der Waals surface area (Å²) in [7, 11) is -3.73. The monoisotopic (exact) mass is 615 g/mol. The van der Waals surface area contributed by atoms with E-state index < -0.39 is 16.6 Å². The topological polar surface area (TPSA) is 47.7 Å². The van der Waals surface area contributed by atoms with Crippen LogP contribution in [0.4, 0.5) is 0 Å². The zero-order valence-electron chi connectivity index (χ0n) is 30.4. The SMILES string of the molecule is CCCCCCCCC(CN(CCCN)CC(CCCCCCCC)O[Si](C)(C)C(C)(C)C)O[Si](C)(C)C(C)(C)C. The van der Waals surface area contributed by atoms with Crippen molar-refractivity contribution in [1.82, 2.24) is 4.90 Å². The average Bonchev–Trinajstić information content (AvgIpc) is 2.84. The second kappa shape index (κ2) is 21.1. The van der Waals surface area contributed by atoms with E-state index in [9.17, 15) is 0 Å². The van der Waals surface area contributed by atoms with Crippen LogP contribution in [-0.2, 0) is 8.85 Å². The van der Waals surface area contributed by atoms with Crippen molar-refractivity contribution in [3.63, 3.8) is 0 Å². The number of nitrogens with zero attached hydrogens (tertiary/aromatic N) is 1. The van der Waals surface area contributed by atoms with Gasteiger partial charge in [0.2, 0.25) is 0 Å². The lowest BCUT2D eigenvalue weighted by molar-refractivity contribution is 0.0685. The maximum atomic E-state index is 7.15. The summed E-state index contributed by atoms with van der Waals surface area (Å²) >= 11 is 0. The summed E-state index contributed by atoms with van der Waals surface area (Å²) in [5.74, 6) is 0. The first kappa shape index (κ1) is 41.3. The normalized spacial score (nSPS) is 15.1. The molecule has 0 fully saturated rings. The minimum absolute atomic E-state index is 0.222. The lowest BCUT2D eigenvalue weighted by Gasteiger charge is -2.42. The van der Waals surface area contributed by atoms with Crippen LogP contribution in [0.15, 0.2) is 0 Å².